The van der Waals surface area contributed by atoms with Crippen molar-refractivity contribution in [1.29, 1.82) is 0 Å². The first-order valence-corrected chi connectivity index (χ1v) is 12.2. The number of carbonyl (C=O) groups is 1. The normalized spacial score (nSPS) is 11.2. The first-order valence-electron chi connectivity index (χ1n) is 12.2. The van der Waals surface area contributed by atoms with E-state index in [1.165, 1.54) is 29.3 Å². The number of benzene rings is 3. The maximum atomic E-state index is 13.8. The molecule has 36 heavy (non-hydrogen) atoms. The van der Waals surface area contributed by atoms with Gasteiger partial charge in [-0.25, -0.2) is 8.78 Å². The van der Waals surface area contributed by atoms with Crippen molar-refractivity contribution >= 4 is 16.8 Å². The van der Waals surface area contributed by atoms with Gasteiger partial charge < -0.3 is 20.4 Å². The van der Waals surface area contributed by atoms with Gasteiger partial charge in [-0.15, -0.1) is 0 Å². The fourth-order valence-electron chi connectivity index (χ4n) is 4.08. The van der Waals surface area contributed by atoms with Crippen LogP contribution in [0.1, 0.15) is 28.7 Å². The quantitative estimate of drug-likeness (QED) is 0.230. The molecule has 4 rings (SSSR count). The van der Waals surface area contributed by atoms with Gasteiger partial charge in [0.15, 0.2) is 0 Å². The minimum absolute atomic E-state index is 0.0176. The van der Waals surface area contributed by atoms with E-state index in [0.29, 0.717) is 12.1 Å². The number of aryl methyl sites for hydroxylation is 1. The van der Waals surface area contributed by atoms with Crippen LogP contribution in [0.25, 0.3) is 10.9 Å². The van der Waals surface area contributed by atoms with Gasteiger partial charge in [-0.2, -0.15) is 0 Å². The van der Waals surface area contributed by atoms with Gasteiger partial charge in [-0.1, -0.05) is 48.5 Å². The number of carbonyl (C=O) groups excluding carboxylic acids is 1. The van der Waals surface area contributed by atoms with E-state index in [0.717, 1.165) is 48.9 Å². The lowest BCUT2D eigenvalue weighted by atomic mass is 10.1. The second kappa shape index (κ2) is 13.0. The summed E-state index contributed by atoms with van der Waals surface area (Å²) in [5.41, 5.74) is 4.93. The third kappa shape index (κ3) is 7.47. The second-order valence-electron chi connectivity index (χ2n) is 8.79. The largest absolute Gasteiger partial charge is 0.367 e. The third-order valence-corrected chi connectivity index (χ3v) is 6.05. The Morgan fingerprint density at radius 3 is 2.42 bits per heavy atom. The number of H-pyrrole nitrogens is 1. The van der Waals surface area contributed by atoms with E-state index < -0.39 is 0 Å². The van der Waals surface area contributed by atoms with Gasteiger partial charge in [-0.05, 0) is 66.3 Å². The molecule has 0 saturated heterocycles. The van der Waals surface area contributed by atoms with Crippen molar-refractivity contribution in [3.8, 4) is 0 Å². The molecule has 0 spiro atoms. The molecule has 1 aromatic heterocycles. The molecule has 1 amide bonds. The summed E-state index contributed by atoms with van der Waals surface area (Å²) in [4.78, 5) is 14.9. The number of fused-ring (bicyclic) bond motifs is 1. The summed E-state index contributed by atoms with van der Waals surface area (Å²) in [7, 11) is 0. The van der Waals surface area contributed by atoms with Gasteiger partial charge in [0.25, 0.3) is 0 Å². The number of aromatic amines is 1. The van der Waals surface area contributed by atoms with Gasteiger partial charge in [0.1, 0.15) is 18.2 Å². The van der Waals surface area contributed by atoms with Crippen LogP contribution in [0.5, 0.6) is 0 Å². The molecule has 0 radical (unpaired) electrons. The average molecular weight is 492 g/mol. The summed E-state index contributed by atoms with van der Waals surface area (Å²) in [6.07, 6.45) is 4.42. The van der Waals surface area contributed by atoms with E-state index in [-0.39, 0.29) is 30.8 Å². The van der Waals surface area contributed by atoms with Crippen LogP contribution in [0.15, 0.2) is 72.9 Å². The molecule has 0 aliphatic rings. The highest BCUT2D eigenvalue weighted by Crippen LogP contribution is 2.20. The van der Waals surface area contributed by atoms with Crippen LogP contribution in [0, 0.1) is 11.6 Å². The first-order chi connectivity index (χ1) is 17.6. The Balaban J connectivity index is 1.08. The van der Waals surface area contributed by atoms with Crippen LogP contribution in [-0.2, 0) is 35.5 Å². The fourth-order valence-corrected chi connectivity index (χ4v) is 4.08. The summed E-state index contributed by atoms with van der Waals surface area (Å²) in [6.45, 7) is 2.41. The van der Waals surface area contributed by atoms with E-state index in [1.807, 2.05) is 12.3 Å². The SMILES string of the molecule is O=C(COCc1ccc(F)cc1)NCCCc1ccc(CNCCc2c[nH]c3c(F)cccc23)cc1. The smallest absolute Gasteiger partial charge is 0.246 e. The van der Waals surface area contributed by atoms with Gasteiger partial charge >= 0.3 is 0 Å². The number of hydrogen-bond acceptors (Lipinski definition) is 3. The number of ether oxygens (including phenoxy) is 1. The topological polar surface area (TPSA) is 66.2 Å². The lowest BCUT2D eigenvalue weighted by Crippen LogP contribution is -2.28. The molecule has 0 fully saturated rings. The molecule has 0 unspecified atom stereocenters. The monoisotopic (exact) mass is 491 g/mol. The highest BCUT2D eigenvalue weighted by atomic mass is 19.1. The summed E-state index contributed by atoms with van der Waals surface area (Å²) in [5.74, 6) is -0.669. The molecule has 0 atom stereocenters. The fraction of sp³-hybridized carbons (Fsp3) is 0.276. The number of rotatable bonds is 13. The van der Waals surface area contributed by atoms with Crippen LogP contribution in [0.4, 0.5) is 8.78 Å². The van der Waals surface area contributed by atoms with E-state index >= 15 is 0 Å². The predicted octanol–water partition coefficient (Wildman–Crippen LogP) is 5.04. The molecule has 5 nitrogen and oxygen atoms in total. The van der Waals surface area contributed by atoms with E-state index in [9.17, 15) is 13.6 Å². The molecule has 3 N–H and O–H groups in total. The number of nitrogens with one attached hydrogen (secondary N) is 3. The van der Waals surface area contributed by atoms with Gasteiger partial charge in [-0.3, -0.25) is 4.79 Å². The van der Waals surface area contributed by atoms with Gasteiger partial charge in [0.2, 0.25) is 5.91 Å². The Bertz CT molecular complexity index is 1250. The number of amides is 1. The number of para-hydroxylation sites is 1. The molecule has 4 aromatic rings. The van der Waals surface area contributed by atoms with E-state index in [2.05, 4.69) is 39.9 Å². The van der Waals surface area contributed by atoms with Crippen LogP contribution < -0.4 is 10.6 Å². The lowest BCUT2D eigenvalue weighted by Gasteiger charge is -2.08. The summed E-state index contributed by atoms with van der Waals surface area (Å²) < 4.78 is 32.1. The zero-order valence-corrected chi connectivity index (χ0v) is 20.2. The molecule has 0 aliphatic heterocycles. The molecule has 0 aliphatic carbocycles. The summed E-state index contributed by atoms with van der Waals surface area (Å²) in [5, 5.41) is 7.25. The molecule has 7 heteroatoms. The van der Waals surface area contributed by atoms with Crippen molar-refractivity contribution in [3.63, 3.8) is 0 Å². The highest BCUT2D eigenvalue weighted by Gasteiger charge is 2.07. The molecule has 3 aromatic carbocycles. The zero-order chi connectivity index (χ0) is 25.2. The Morgan fingerprint density at radius 1 is 0.861 bits per heavy atom. The molecular formula is C29H31F2N3O2. The van der Waals surface area contributed by atoms with Crippen molar-refractivity contribution in [3.05, 3.63) is 107 Å². The molecule has 0 saturated carbocycles. The van der Waals surface area contributed by atoms with E-state index in [1.54, 1.807) is 18.2 Å². The van der Waals surface area contributed by atoms with Gasteiger partial charge in [0, 0.05) is 24.7 Å². The van der Waals surface area contributed by atoms with Crippen molar-refractivity contribution in [1.82, 2.24) is 15.6 Å². The van der Waals surface area contributed by atoms with Crippen LogP contribution >= 0.6 is 0 Å². The first kappa shape index (κ1) is 25.5. The van der Waals surface area contributed by atoms with Crippen molar-refractivity contribution in [2.75, 3.05) is 19.7 Å². The highest BCUT2D eigenvalue weighted by molar-refractivity contribution is 5.83. The zero-order valence-electron chi connectivity index (χ0n) is 20.2. The molecular weight excluding hydrogens is 460 g/mol. The van der Waals surface area contributed by atoms with Crippen LogP contribution in [-0.4, -0.2) is 30.6 Å². The predicted molar refractivity (Wildman–Crippen MR) is 137 cm³/mol. The third-order valence-electron chi connectivity index (χ3n) is 6.05. The van der Waals surface area contributed by atoms with E-state index in [4.69, 9.17) is 4.74 Å². The number of hydrogen-bond donors (Lipinski definition) is 3. The Labute approximate surface area is 209 Å². The Hall–Kier alpha value is -3.55. The lowest BCUT2D eigenvalue weighted by molar-refractivity contribution is -0.126. The average Bonchev–Trinajstić information content (AvgIpc) is 3.31. The molecule has 188 valence electrons. The standard InChI is InChI=1S/C29H31F2N3O2/c30-25-12-10-23(11-13-25)19-36-20-28(35)33-15-2-3-21-6-8-22(9-7-21)17-32-16-14-24-18-34-29-26(24)4-1-5-27(29)31/h1,4-13,18,32,34H,2-3,14-17,19-20H2,(H,33,35). The minimum atomic E-state index is -0.292. The second-order valence-corrected chi connectivity index (χ2v) is 8.79. The van der Waals surface area contributed by atoms with Crippen molar-refractivity contribution in [2.45, 2.75) is 32.4 Å². The van der Waals surface area contributed by atoms with Gasteiger partial charge in [0.05, 0.1) is 12.1 Å². The van der Waals surface area contributed by atoms with Crippen molar-refractivity contribution in [2.24, 2.45) is 0 Å². The summed E-state index contributed by atoms with van der Waals surface area (Å²) in [6, 6.07) is 19.7. The number of aromatic nitrogens is 1. The maximum Gasteiger partial charge on any atom is 0.246 e. The van der Waals surface area contributed by atoms with Crippen LogP contribution in [0.2, 0.25) is 0 Å². The maximum absolute atomic E-state index is 13.8. The molecule has 0 bridgehead atoms. The minimum Gasteiger partial charge on any atom is -0.367 e. The molecule has 1 heterocycles. The van der Waals surface area contributed by atoms with Crippen molar-refractivity contribution < 1.29 is 18.3 Å². The van der Waals surface area contributed by atoms with Crippen LogP contribution in [0.3, 0.4) is 0 Å². The Kier molecular flexibility index (Phi) is 9.19. The number of halogens is 2. The Morgan fingerprint density at radius 2 is 1.61 bits per heavy atom. The summed E-state index contributed by atoms with van der Waals surface area (Å²) >= 11 is 0.